The monoisotopic (exact) mass is 131 g/mol. The number of ether oxygens (including phenoxy) is 1. The molecule has 0 spiro atoms. The molecule has 2 nitrogen and oxygen atoms in total. The van der Waals surface area contributed by atoms with Crippen LogP contribution in [0.1, 0.15) is 21.2 Å². The minimum atomic E-state index is 0. The van der Waals surface area contributed by atoms with Gasteiger partial charge in [-0.25, -0.2) is 0 Å². The molecule has 0 aromatic rings. The van der Waals surface area contributed by atoms with Gasteiger partial charge in [-0.05, 0) is 19.4 Å². The van der Waals surface area contributed by atoms with Crippen LogP contribution in [0.3, 0.4) is 0 Å². The molecule has 1 fully saturated rings. The van der Waals surface area contributed by atoms with Crippen LogP contribution < -0.4 is 5.32 Å². The topological polar surface area (TPSA) is 21.3 Å². The van der Waals surface area contributed by atoms with Crippen LogP contribution in [0.25, 0.3) is 0 Å². The van der Waals surface area contributed by atoms with Crippen LogP contribution in [0.2, 0.25) is 0 Å². The van der Waals surface area contributed by atoms with Crippen LogP contribution in [0.5, 0.6) is 0 Å². The highest BCUT2D eigenvalue weighted by atomic mass is 16.5. The van der Waals surface area contributed by atoms with Gasteiger partial charge < -0.3 is 10.1 Å². The van der Waals surface area contributed by atoms with Crippen molar-refractivity contribution < 1.29 is 6.16 Å². The van der Waals surface area contributed by atoms with Gasteiger partial charge in [0.25, 0.3) is 0 Å². The van der Waals surface area contributed by atoms with Gasteiger partial charge in [0.15, 0.2) is 0 Å². The minimum absolute atomic E-state index is 0. The number of nitrogens with one attached hydrogen (secondary N) is 1. The van der Waals surface area contributed by atoms with Gasteiger partial charge in [-0.1, -0.05) is 6.92 Å². The van der Waals surface area contributed by atoms with Crippen LogP contribution in [0.15, 0.2) is 0 Å². The Hall–Kier alpha value is -0.0800. The molecule has 0 bridgehead atoms. The zero-order chi connectivity index (χ0) is 6.53. The molecule has 0 aromatic carbocycles. The Kier molecular flexibility index (Phi) is 3.01. The van der Waals surface area contributed by atoms with E-state index in [0.717, 1.165) is 25.8 Å². The molecule has 0 aromatic heterocycles. The maximum absolute atomic E-state index is 5.21. The molecule has 0 aliphatic carbocycles. The van der Waals surface area contributed by atoms with Crippen LogP contribution in [0.4, 0.5) is 0 Å². The first-order chi connectivity index (χ1) is 4.43. The Bertz CT molecular complexity index is 71.3. The summed E-state index contributed by atoms with van der Waals surface area (Å²) in [5.41, 5.74) is 0. The quantitative estimate of drug-likeness (QED) is 0.604. The normalized spacial score (nSPS) is 22.3. The van der Waals surface area contributed by atoms with Gasteiger partial charge in [-0.2, -0.15) is 0 Å². The molecule has 9 heavy (non-hydrogen) atoms. The smallest absolute Gasteiger partial charge is 0.0480 e. The number of hydrogen-bond acceptors (Lipinski definition) is 2. The first-order valence-electron chi connectivity index (χ1n) is 3.74. The summed E-state index contributed by atoms with van der Waals surface area (Å²) in [6.45, 7) is 5.12. The van der Waals surface area contributed by atoms with E-state index in [1.807, 2.05) is 0 Å². The fourth-order valence-corrected chi connectivity index (χ4v) is 1.19. The van der Waals surface area contributed by atoms with Crippen LogP contribution >= 0.6 is 0 Å². The second-order valence-electron chi connectivity index (χ2n) is 2.44. The summed E-state index contributed by atoms with van der Waals surface area (Å²) in [4.78, 5) is 0. The van der Waals surface area contributed by atoms with Crippen LogP contribution in [-0.2, 0) is 4.74 Å². The minimum Gasteiger partial charge on any atom is -0.381 e. The van der Waals surface area contributed by atoms with Gasteiger partial charge in [0.1, 0.15) is 0 Å². The van der Waals surface area contributed by atoms with Gasteiger partial charge in [0, 0.05) is 20.7 Å². The molecule has 0 atom stereocenters. The highest BCUT2D eigenvalue weighted by molar-refractivity contribution is 4.68. The van der Waals surface area contributed by atoms with E-state index < -0.39 is 0 Å². The third-order valence-corrected chi connectivity index (χ3v) is 1.71. The largest absolute Gasteiger partial charge is 0.381 e. The summed E-state index contributed by atoms with van der Waals surface area (Å²) in [6.07, 6.45) is 2.38. The molecule has 0 unspecified atom stereocenters. The van der Waals surface area contributed by atoms with Gasteiger partial charge in [-0.15, -0.1) is 0 Å². The first-order valence-corrected chi connectivity index (χ1v) is 3.74. The third-order valence-electron chi connectivity index (χ3n) is 1.71. The standard InChI is InChI=1S/C7H15NO.H2/c1-2-8-7-3-5-9-6-4-7;/h7-8H,2-6H2,1H3;1H. The van der Waals surface area contributed by atoms with Crippen molar-refractivity contribution in [3.05, 3.63) is 0 Å². The van der Waals surface area contributed by atoms with E-state index in [0.29, 0.717) is 0 Å². The summed E-state index contributed by atoms with van der Waals surface area (Å²) < 4.78 is 5.21. The molecule has 1 N–H and O–H groups in total. The fourth-order valence-electron chi connectivity index (χ4n) is 1.19. The SMILES string of the molecule is CCNC1CCOCC1.[HH]. The lowest BCUT2D eigenvalue weighted by molar-refractivity contribution is 0.0785. The highest BCUT2D eigenvalue weighted by Gasteiger charge is 2.10. The average Bonchev–Trinajstić information content (AvgIpc) is 1.91. The lowest BCUT2D eigenvalue weighted by atomic mass is 10.1. The molecule has 56 valence electrons. The Labute approximate surface area is 58.1 Å². The molecule has 0 radical (unpaired) electrons. The summed E-state index contributed by atoms with van der Waals surface area (Å²) in [7, 11) is 0. The molecule has 1 saturated heterocycles. The molecule has 2 heteroatoms. The van der Waals surface area contributed by atoms with Crippen molar-refractivity contribution in [3.8, 4) is 0 Å². The van der Waals surface area contributed by atoms with E-state index in [-0.39, 0.29) is 1.43 Å². The maximum Gasteiger partial charge on any atom is 0.0480 e. The van der Waals surface area contributed by atoms with Gasteiger partial charge in [0.05, 0.1) is 0 Å². The van der Waals surface area contributed by atoms with E-state index >= 15 is 0 Å². The molecule has 1 aliphatic heterocycles. The predicted octanol–water partition coefficient (Wildman–Crippen LogP) is 1.02. The molecule has 1 aliphatic rings. The molecule has 1 rings (SSSR count). The Morgan fingerprint density at radius 2 is 2.22 bits per heavy atom. The Balaban J connectivity index is 0.000000810. The van der Waals surface area contributed by atoms with Crippen molar-refractivity contribution in [3.63, 3.8) is 0 Å². The predicted molar refractivity (Wildman–Crippen MR) is 39.6 cm³/mol. The Morgan fingerprint density at radius 3 is 2.78 bits per heavy atom. The third kappa shape index (κ3) is 2.33. The second-order valence-corrected chi connectivity index (χ2v) is 2.44. The summed E-state index contributed by atoms with van der Waals surface area (Å²) in [5, 5.41) is 3.40. The van der Waals surface area contributed by atoms with Gasteiger partial charge in [0.2, 0.25) is 0 Å². The maximum atomic E-state index is 5.21. The van der Waals surface area contributed by atoms with Crippen molar-refractivity contribution in [2.75, 3.05) is 19.8 Å². The van der Waals surface area contributed by atoms with Gasteiger partial charge in [-0.3, -0.25) is 0 Å². The van der Waals surface area contributed by atoms with Gasteiger partial charge >= 0.3 is 0 Å². The zero-order valence-electron chi connectivity index (χ0n) is 6.02. The number of hydrogen-bond donors (Lipinski definition) is 1. The van der Waals surface area contributed by atoms with Crippen molar-refractivity contribution in [1.29, 1.82) is 0 Å². The van der Waals surface area contributed by atoms with Crippen LogP contribution in [0, 0.1) is 0 Å². The summed E-state index contributed by atoms with van der Waals surface area (Å²) in [5.74, 6) is 0. The van der Waals surface area contributed by atoms with E-state index in [2.05, 4.69) is 12.2 Å². The van der Waals surface area contributed by atoms with E-state index in [1.165, 1.54) is 12.8 Å². The molecule has 1 heterocycles. The highest BCUT2D eigenvalue weighted by Crippen LogP contribution is 2.04. The second kappa shape index (κ2) is 3.85. The molecule has 0 saturated carbocycles. The van der Waals surface area contributed by atoms with Crippen LogP contribution in [-0.4, -0.2) is 25.8 Å². The molecular weight excluding hydrogens is 114 g/mol. The summed E-state index contributed by atoms with van der Waals surface area (Å²) >= 11 is 0. The lowest BCUT2D eigenvalue weighted by Crippen LogP contribution is -2.34. The van der Waals surface area contributed by atoms with Crippen molar-refractivity contribution in [2.24, 2.45) is 0 Å². The summed E-state index contributed by atoms with van der Waals surface area (Å²) in [6, 6.07) is 0.726. The van der Waals surface area contributed by atoms with E-state index in [1.54, 1.807) is 0 Å². The van der Waals surface area contributed by atoms with Crippen molar-refractivity contribution >= 4 is 0 Å². The fraction of sp³-hybridized carbons (Fsp3) is 1.00. The first kappa shape index (κ1) is 7.03. The number of rotatable bonds is 2. The zero-order valence-corrected chi connectivity index (χ0v) is 6.02. The van der Waals surface area contributed by atoms with Crippen molar-refractivity contribution in [1.82, 2.24) is 5.32 Å². The average molecular weight is 131 g/mol. The Morgan fingerprint density at radius 1 is 1.56 bits per heavy atom. The lowest BCUT2D eigenvalue weighted by Gasteiger charge is -2.22. The molecular formula is C7H17NO. The van der Waals surface area contributed by atoms with E-state index in [4.69, 9.17) is 4.74 Å². The van der Waals surface area contributed by atoms with E-state index in [9.17, 15) is 0 Å². The van der Waals surface area contributed by atoms with Crippen molar-refractivity contribution in [2.45, 2.75) is 25.8 Å². The molecule has 0 amide bonds.